The summed E-state index contributed by atoms with van der Waals surface area (Å²) in [7, 11) is 3.30. The number of nitrogens with one attached hydrogen (secondary N) is 2. The molecule has 0 aliphatic rings. The van der Waals surface area contributed by atoms with E-state index in [9.17, 15) is 9.59 Å². The summed E-state index contributed by atoms with van der Waals surface area (Å²) in [5.41, 5.74) is 1.54. The largest absolute Gasteiger partial charge is 0.467 e. The Hall–Kier alpha value is -2.76. The van der Waals surface area contributed by atoms with Gasteiger partial charge in [-0.1, -0.05) is 12.1 Å². The summed E-state index contributed by atoms with van der Waals surface area (Å²) in [6.45, 7) is 0.809. The number of benzene rings is 1. The minimum atomic E-state index is -0.188. The van der Waals surface area contributed by atoms with Crippen LogP contribution >= 0.6 is 0 Å². The van der Waals surface area contributed by atoms with E-state index in [0.717, 1.165) is 5.56 Å². The van der Waals surface area contributed by atoms with Gasteiger partial charge in [-0.3, -0.25) is 4.79 Å². The summed E-state index contributed by atoms with van der Waals surface area (Å²) in [5.74, 6) is 0.577. The quantitative estimate of drug-likeness (QED) is 0.886. The van der Waals surface area contributed by atoms with Crippen molar-refractivity contribution in [3.8, 4) is 0 Å². The van der Waals surface area contributed by atoms with Crippen LogP contribution < -0.4 is 10.6 Å². The first kappa shape index (κ1) is 15.6. The molecule has 6 heteroatoms. The lowest BCUT2D eigenvalue weighted by Gasteiger charge is -2.17. The Bertz CT molecular complexity index is 621. The minimum absolute atomic E-state index is 0.129. The third kappa shape index (κ3) is 4.12. The fraction of sp³-hybridized carbons (Fsp3) is 0.250. The zero-order valence-corrected chi connectivity index (χ0v) is 12.6. The number of rotatable bonds is 5. The van der Waals surface area contributed by atoms with Crippen molar-refractivity contribution in [1.29, 1.82) is 0 Å². The Labute approximate surface area is 129 Å². The monoisotopic (exact) mass is 301 g/mol. The summed E-state index contributed by atoms with van der Waals surface area (Å²) in [6, 6.07) is 10.5. The Morgan fingerprint density at radius 2 is 1.91 bits per heavy atom. The highest BCUT2D eigenvalue weighted by atomic mass is 16.3. The van der Waals surface area contributed by atoms with Gasteiger partial charge in [-0.15, -0.1) is 0 Å². The van der Waals surface area contributed by atoms with Gasteiger partial charge in [0, 0.05) is 26.2 Å². The lowest BCUT2D eigenvalue weighted by molar-refractivity contribution is 0.0963. The van der Waals surface area contributed by atoms with Crippen molar-refractivity contribution in [2.24, 2.45) is 0 Å². The maximum absolute atomic E-state index is 12.0. The Morgan fingerprint density at radius 3 is 2.50 bits per heavy atom. The highest BCUT2D eigenvalue weighted by molar-refractivity contribution is 5.93. The fourth-order valence-electron chi connectivity index (χ4n) is 1.96. The van der Waals surface area contributed by atoms with Gasteiger partial charge in [0.25, 0.3) is 5.91 Å². The van der Waals surface area contributed by atoms with Gasteiger partial charge in [0.15, 0.2) is 0 Å². The first-order chi connectivity index (χ1) is 10.6. The zero-order valence-electron chi connectivity index (χ0n) is 12.6. The molecule has 0 atom stereocenters. The highest BCUT2D eigenvalue weighted by Crippen LogP contribution is 2.07. The average molecular weight is 301 g/mol. The van der Waals surface area contributed by atoms with Crippen LogP contribution in [0.3, 0.4) is 0 Å². The molecule has 0 aliphatic heterocycles. The van der Waals surface area contributed by atoms with E-state index in [4.69, 9.17) is 4.42 Å². The van der Waals surface area contributed by atoms with Gasteiger partial charge in [-0.05, 0) is 29.8 Å². The second-order valence-electron chi connectivity index (χ2n) is 4.87. The second kappa shape index (κ2) is 7.31. The van der Waals surface area contributed by atoms with Crippen LogP contribution in [0.4, 0.5) is 4.79 Å². The number of carbonyl (C=O) groups is 2. The number of nitrogens with zero attached hydrogens (tertiary/aromatic N) is 1. The lowest BCUT2D eigenvalue weighted by atomic mass is 10.1. The molecule has 0 saturated heterocycles. The van der Waals surface area contributed by atoms with E-state index >= 15 is 0 Å². The Kier molecular flexibility index (Phi) is 5.19. The van der Waals surface area contributed by atoms with Crippen molar-refractivity contribution in [3.05, 3.63) is 59.5 Å². The molecule has 0 fully saturated rings. The molecule has 0 radical (unpaired) electrons. The standard InChI is InChI=1S/C16H19N3O3/c1-17-15(20)13-7-5-12(6-8-13)11-19(2)16(21)18-10-14-4-3-9-22-14/h3-9H,10-11H2,1-2H3,(H,17,20)(H,18,21). The number of hydrogen-bond donors (Lipinski definition) is 2. The molecule has 1 heterocycles. The number of amides is 3. The predicted octanol–water partition coefficient (Wildman–Crippen LogP) is 1.98. The zero-order chi connectivity index (χ0) is 15.9. The maximum Gasteiger partial charge on any atom is 0.317 e. The highest BCUT2D eigenvalue weighted by Gasteiger charge is 2.10. The molecule has 22 heavy (non-hydrogen) atoms. The van der Waals surface area contributed by atoms with Crippen LogP contribution in [-0.2, 0) is 13.1 Å². The van der Waals surface area contributed by atoms with E-state index in [1.807, 2.05) is 12.1 Å². The van der Waals surface area contributed by atoms with Gasteiger partial charge in [0.05, 0.1) is 12.8 Å². The smallest absolute Gasteiger partial charge is 0.317 e. The van der Waals surface area contributed by atoms with Crippen LogP contribution in [0.15, 0.2) is 47.1 Å². The third-order valence-electron chi connectivity index (χ3n) is 3.20. The molecule has 0 aliphatic carbocycles. The number of carbonyl (C=O) groups excluding carboxylic acids is 2. The summed E-state index contributed by atoms with van der Waals surface area (Å²) in [6.07, 6.45) is 1.57. The van der Waals surface area contributed by atoms with Crippen LogP contribution in [0.5, 0.6) is 0 Å². The van der Waals surface area contributed by atoms with E-state index in [1.165, 1.54) is 0 Å². The molecular formula is C16H19N3O3. The van der Waals surface area contributed by atoms with Crippen LogP contribution in [0.25, 0.3) is 0 Å². The van der Waals surface area contributed by atoms with Crippen molar-refractivity contribution in [1.82, 2.24) is 15.5 Å². The lowest BCUT2D eigenvalue weighted by Crippen LogP contribution is -2.36. The van der Waals surface area contributed by atoms with Gasteiger partial charge >= 0.3 is 6.03 Å². The Balaban J connectivity index is 1.86. The summed E-state index contributed by atoms with van der Waals surface area (Å²) in [5, 5.41) is 5.34. The van der Waals surface area contributed by atoms with E-state index in [1.54, 1.807) is 49.5 Å². The van der Waals surface area contributed by atoms with Crippen molar-refractivity contribution >= 4 is 11.9 Å². The maximum atomic E-state index is 12.0. The third-order valence-corrected chi connectivity index (χ3v) is 3.20. The molecule has 2 rings (SSSR count). The first-order valence-corrected chi connectivity index (χ1v) is 6.92. The molecule has 0 spiro atoms. The normalized spacial score (nSPS) is 10.1. The van der Waals surface area contributed by atoms with E-state index in [-0.39, 0.29) is 11.9 Å². The Morgan fingerprint density at radius 1 is 1.18 bits per heavy atom. The number of urea groups is 1. The van der Waals surface area contributed by atoms with Crippen molar-refractivity contribution in [2.45, 2.75) is 13.1 Å². The fourth-order valence-corrected chi connectivity index (χ4v) is 1.96. The molecule has 1 aromatic carbocycles. The van der Waals surface area contributed by atoms with Crippen molar-refractivity contribution in [3.63, 3.8) is 0 Å². The van der Waals surface area contributed by atoms with E-state index in [2.05, 4.69) is 10.6 Å². The van der Waals surface area contributed by atoms with Gasteiger partial charge in [0.2, 0.25) is 0 Å². The van der Waals surface area contributed by atoms with Gasteiger partial charge in [-0.25, -0.2) is 4.79 Å². The van der Waals surface area contributed by atoms with E-state index in [0.29, 0.717) is 24.4 Å². The van der Waals surface area contributed by atoms with Gasteiger partial charge in [-0.2, -0.15) is 0 Å². The SMILES string of the molecule is CNC(=O)c1ccc(CN(C)C(=O)NCc2ccco2)cc1. The molecule has 0 unspecified atom stereocenters. The molecule has 1 aromatic heterocycles. The van der Waals surface area contributed by atoms with E-state index < -0.39 is 0 Å². The molecular weight excluding hydrogens is 282 g/mol. The van der Waals surface area contributed by atoms with Gasteiger partial charge < -0.3 is 20.0 Å². The summed E-state index contributed by atoms with van der Waals surface area (Å²) >= 11 is 0. The minimum Gasteiger partial charge on any atom is -0.467 e. The predicted molar refractivity (Wildman–Crippen MR) is 82.2 cm³/mol. The average Bonchev–Trinajstić information content (AvgIpc) is 3.06. The molecule has 0 saturated carbocycles. The van der Waals surface area contributed by atoms with Crippen LogP contribution in [0, 0.1) is 0 Å². The summed E-state index contributed by atoms with van der Waals surface area (Å²) < 4.78 is 5.16. The topological polar surface area (TPSA) is 74.6 Å². The van der Waals surface area contributed by atoms with Crippen molar-refractivity contribution < 1.29 is 14.0 Å². The number of furan rings is 1. The van der Waals surface area contributed by atoms with Gasteiger partial charge in [0.1, 0.15) is 5.76 Å². The summed E-state index contributed by atoms with van der Waals surface area (Å²) in [4.78, 5) is 25.0. The molecule has 0 bridgehead atoms. The molecule has 6 nitrogen and oxygen atoms in total. The van der Waals surface area contributed by atoms with Crippen LogP contribution in [-0.4, -0.2) is 30.9 Å². The second-order valence-corrected chi connectivity index (χ2v) is 4.87. The molecule has 2 aromatic rings. The molecule has 116 valence electrons. The first-order valence-electron chi connectivity index (χ1n) is 6.92. The van der Waals surface area contributed by atoms with Crippen LogP contribution in [0.2, 0.25) is 0 Å². The molecule has 3 amide bonds. The molecule has 2 N–H and O–H groups in total. The van der Waals surface area contributed by atoms with Crippen molar-refractivity contribution in [2.75, 3.05) is 14.1 Å². The van der Waals surface area contributed by atoms with Crippen LogP contribution in [0.1, 0.15) is 21.7 Å². The number of hydrogen-bond acceptors (Lipinski definition) is 3.